The monoisotopic (exact) mass is 347 g/mol. The van der Waals surface area contributed by atoms with Crippen molar-refractivity contribution < 1.29 is 9.18 Å². The van der Waals surface area contributed by atoms with Crippen molar-refractivity contribution in [1.29, 1.82) is 0 Å². The molecule has 1 amide bonds. The average Bonchev–Trinajstić information content (AvgIpc) is 2.65. The van der Waals surface area contributed by atoms with Gasteiger partial charge in [0.15, 0.2) is 11.6 Å². The van der Waals surface area contributed by atoms with Crippen LogP contribution in [0.3, 0.4) is 0 Å². The third-order valence-corrected chi connectivity index (χ3v) is 5.76. The van der Waals surface area contributed by atoms with Crippen LogP contribution in [0.15, 0.2) is 12.1 Å². The number of anilines is 1. The topological polar surface area (TPSA) is 36.4 Å². The molecule has 4 nitrogen and oxygen atoms in total. The number of rotatable bonds is 6. The Balaban J connectivity index is 1.56. The molecule has 3 rings (SSSR count). The van der Waals surface area contributed by atoms with E-state index in [0.717, 1.165) is 63.8 Å². The van der Waals surface area contributed by atoms with Gasteiger partial charge in [-0.2, -0.15) is 0 Å². The Morgan fingerprint density at radius 3 is 2.80 bits per heavy atom. The number of pyridine rings is 1. The first-order valence-electron chi connectivity index (χ1n) is 9.76. The second-order valence-corrected chi connectivity index (χ2v) is 7.64. The maximum Gasteiger partial charge on any atom is 0.209 e. The molecule has 1 aliphatic heterocycles. The van der Waals surface area contributed by atoms with Crippen LogP contribution in [0.1, 0.15) is 57.1 Å². The molecule has 2 fully saturated rings. The van der Waals surface area contributed by atoms with Crippen LogP contribution in [0, 0.1) is 18.7 Å². The van der Waals surface area contributed by atoms with E-state index < -0.39 is 0 Å². The Kier molecular flexibility index (Phi) is 6.27. The van der Waals surface area contributed by atoms with E-state index >= 15 is 0 Å². The first-order valence-corrected chi connectivity index (χ1v) is 9.76. The molecule has 2 heterocycles. The van der Waals surface area contributed by atoms with Crippen LogP contribution < -0.4 is 4.90 Å². The molecule has 0 aromatic carbocycles. The van der Waals surface area contributed by atoms with Crippen molar-refractivity contribution in [3.8, 4) is 0 Å². The summed E-state index contributed by atoms with van der Waals surface area (Å²) in [7, 11) is 0. The minimum atomic E-state index is -0.233. The van der Waals surface area contributed by atoms with Crippen molar-refractivity contribution in [2.24, 2.45) is 5.92 Å². The third-order valence-electron chi connectivity index (χ3n) is 5.76. The van der Waals surface area contributed by atoms with Crippen LogP contribution >= 0.6 is 0 Å². The molecule has 1 saturated heterocycles. The predicted molar refractivity (Wildman–Crippen MR) is 98.1 cm³/mol. The number of carbonyl (C=O) groups excluding carboxylic acids is 1. The standard InChI is InChI=1S/C20H30FN3O/c1-16-9-10-19(21)20(22-16)23-12-5-6-17(14-23)11-13-24(15-25)18-7-3-2-4-8-18/h9-10,15,17-18H,2-8,11-14H2,1H3. The number of hydrogen-bond acceptors (Lipinski definition) is 3. The van der Waals surface area contributed by atoms with Gasteiger partial charge in [0, 0.05) is 31.4 Å². The van der Waals surface area contributed by atoms with Crippen molar-refractivity contribution in [3.05, 3.63) is 23.6 Å². The third kappa shape index (κ3) is 4.71. The molecule has 0 N–H and O–H groups in total. The van der Waals surface area contributed by atoms with Crippen LogP contribution in [0.25, 0.3) is 0 Å². The normalized spacial score (nSPS) is 22.0. The largest absolute Gasteiger partial charge is 0.354 e. The lowest BCUT2D eigenvalue weighted by atomic mass is 9.92. The summed E-state index contributed by atoms with van der Waals surface area (Å²) in [6, 6.07) is 3.66. The molecule has 138 valence electrons. The van der Waals surface area contributed by atoms with Crippen molar-refractivity contribution >= 4 is 12.2 Å². The van der Waals surface area contributed by atoms with E-state index in [1.807, 2.05) is 11.8 Å². The van der Waals surface area contributed by atoms with Gasteiger partial charge < -0.3 is 9.80 Å². The number of carbonyl (C=O) groups is 1. The molecule has 1 saturated carbocycles. The molecular weight excluding hydrogens is 317 g/mol. The SMILES string of the molecule is Cc1ccc(F)c(N2CCCC(CCN(C=O)C3CCCCC3)C2)n1. The number of nitrogens with zero attached hydrogens (tertiary/aromatic N) is 3. The summed E-state index contributed by atoms with van der Waals surface area (Å²) in [6.07, 6.45) is 10.3. The van der Waals surface area contributed by atoms with Gasteiger partial charge in [-0.15, -0.1) is 0 Å². The van der Waals surface area contributed by atoms with Gasteiger partial charge in [-0.3, -0.25) is 4.79 Å². The van der Waals surface area contributed by atoms with Gasteiger partial charge in [0.2, 0.25) is 6.41 Å². The van der Waals surface area contributed by atoms with E-state index in [1.54, 1.807) is 6.07 Å². The zero-order chi connectivity index (χ0) is 17.6. The molecular formula is C20H30FN3O. The molecule has 1 aromatic heterocycles. The second-order valence-electron chi connectivity index (χ2n) is 7.64. The van der Waals surface area contributed by atoms with E-state index in [4.69, 9.17) is 0 Å². The number of halogens is 1. The lowest BCUT2D eigenvalue weighted by Gasteiger charge is -2.36. The number of aromatic nitrogens is 1. The van der Waals surface area contributed by atoms with Crippen LogP contribution in [0.5, 0.6) is 0 Å². The highest BCUT2D eigenvalue weighted by molar-refractivity contribution is 5.47. The minimum absolute atomic E-state index is 0.233. The smallest absolute Gasteiger partial charge is 0.209 e. The van der Waals surface area contributed by atoms with E-state index in [-0.39, 0.29) is 5.82 Å². The molecule has 5 heteroatoms. The average molecular weight is 347 g/mol. The first kappa shape index (κ1) is 18.2. The number of aryl methyl sites for hydroxylation is 1. The highest BCUT2D eigenvalue weighted by atomic mass is 19.1. The van der Waals surface area contributed by atoms with E-state index in [0.29, 0.717) is 17.8 Å². The van der Waals surface area contributed by atoms with E-state index in [2.05, 4.69) is 9.88 Å². The van der Waals surface area contributed by atoms with Crippen LogP contribution in [-0.4, -0.2) is 42.0 Å². The molecule has 25 heavy (non-hydrogen) atoms. The Morgan fingerprint density at radius 2 is 2.04 bits per heavy atom. The zero-order valence-corrected chi connectivity index (χ0v) is 15.3. The maximum atomic E-state index is 14.1. The summed E-state index contributed by atoms with van der Waals surface area (Å²) in [5, 5.41) is 0. The maximum absolute atomic E-state index is 14.1. The van der Waals surface area contributed by atoms with Crippen LogP contribution in [0.2, 0.25) is 0 Å². The molecule has 0 bridgehead atoms. The number of hydrogen-bond donors (Lipinski definition) is 0. The highest BCUT2D eigenvalue weighted by Gasteiger charge is 2.25. The zero-order valence-electron chi connectivity index (χ0n) is 15.3. The fourth-order valence-corrected chi connectivity index (χ4v) is 4.31. The van der Waals surface area contributed by atoms with Crippen molar-refractivity contribution in [2.45, 2.75) is 64.3 Å². The lowest BCUT2D eigenvalue weighted by molar-refractivity contribution is -0.121. The summed E-state index contributed by atoms with van der Waals surface area (Å²) in [6.45, 7) is 4.43. The van der Waals surface area contributed by atoms with Crippen LogP contribution in [0.4, 0.5) is 10.2 Å². The molecule has 1 unspecified atom stereocenters. The van der Waals surface area contributed by atoms with Gasteiger partial charge in [-0.25, -0.2) is 9.37 Å². The Labute approximate surface area is 150 Å². The molecule has 2 aliphatic rings. The predicted octanol–water partition coefficient (Wildman–Crippen LogP) is 3.93. The minimum Gasteiger partial charge on any atom is -0.354 e. The van der Waals surface area contributed by atoms with E-state index in [9.17, 15) is 9.18 Å². The quantitative estimate of drug-likeness (QED) is 0.732. The Hall–Kier alpha value is -1.65. The molecule has 1 atom stereocenters. The van der Waals surface area contributed by atoms with Gasteiger partial charge >= 0.3 is 0 Å². The Morgan fingerprint density at radius 1 is 1.24 bits per heavy atom. The van der Waals surface area contributed by atoms with Crippen molar-refractivity contribution in [1.82, 2.24) is 9.88 Å². The van der Waals surface area contributed by atoms with Gasteiger partial charge in [0.25, 0.3) is 0 Å². The van der Waals surface area contributed by atoms with Crippen LogP contribution in [-0.2, 0) is 4.79 Å². The van der Waals surface area contributed by atoms with Crippen molar-refractivity contribution in [2.75, 3.05) is 24.5 Å². The molecule has 0 radical (unpaired) electrons. The summed E-state index contributed by atoms with van der Waals surface area (Å²) >= 11 is 0. The highest BCUT2D eigenvalue weighted by Crippen LogP contribution is 2.27. The molecule has 1 aromatic rings. The number of piperidine rings is 1. The van der Waals surface area contributed by atoms with Gasteiger partial charge in [0.1, 0.15) is 0 Å². The second kappa shape index (κ2) is 8.63. The van der Waals surface area contributed by atoms with Gasteiger partial charge in [-0.1, -0.05) is 19.3 Å². The lowest BCUT2D eigenvalue weighted by Crippen LogP contribution is -2.40. The van der Waals surface area contributed by atoms with E-state index in [1.165, 1.54) is 25.3 Å². The molecule has 1 aliphatic carbocycles. The summed E-state index contributed by atoms with van der Waals surface area (Å²) in [5.41, 5.74) is 0.850. The first-order chi connectivity index (χ1) is 12.2. The fourth-order valence-electron chi connectivity index (χ4n) is 4.31. The summed E-state index contributed by atoms with van der Waals surface area (Å²) in [5.74, 6) is 0.758. The Bertz CT molecular complexity index is 574. The number of amides is 1. The van der Waals surface area contributed by atoms with Gasteiger partial charge in [-0.05, 0) is 57.1 Å². The summed E-state index contributed by atoms with van der Waals surface area (Å²) < 4.78 is 14.1. The molecule has 0 spiro atoms. The summed E-state index contributed by atoms with van der Waals surface area (Å²) in [4.78, 5) is 20.0. The van der Waals surface area contributed by atoms with Crippen molar-refractivity contribution in [3.63, 3.8) is 0 Å². The van der Waals surface area contributed by atoms with Gasteiger partial charge in [0.05, 0.1) is 0 Å². The fraction of sp³-hybridized carbons (Fsp3) is 0.700.